The molecule has 0 aliphatic carbocycles. The summed E-state index contributed by atoms with van der Waals surface area (Å²) in [5, 5.41) is 12.8. The van der Waals surface area contributed by atoms with E-state index in [2.05, 4.69) is 61.7 Å². The third kappa shape index (κ3) is 5.33. The van der Waals surface area contributed by atoms with Crippen molar-refractivity contribution >= 4 is 5.69 Å². The van der Waals surface area contributed by atoms with Gasteiger partial charge in [-0.15, -0.1) is 5.10 Å². The van der Waals surface area contributed by atoms with E-state index in [0.29, 0.717) is 13.2 Å². The van der Waals surface area contributed by atoms with Crippen LogP contribution in [-0.4, -0.2) is 57.9 Å². The number of hydrogen-bond donors (Lipinski definition) is 0. The summed E-state index contributed by atoms with van der Waals surface area (Å²) in [6, 6.07) is 25.1. The zero-order valence-corrected chi connectivity index (χ0v) is 19.8. The summed E-state index contributed by atoms with van der Waals surface area (Å²) in [6.45, 7) is 6.65. The molecule has 35 heavy (non-hydrogen) atoms. The highest BCUT2D eigenvalue weighted by Crippen LogP contribution is 2.30. The summed E-state index contributed by atoms with van der Waals surface area (Å²) >= 11 is 0. The summed E-state index contributed by atoms with van der Waals surface area (Å²) in [7, 11) is 0. The van der Waals surface area contributed by atoms with Gasteiger partial charge in [-0.2, -0.15) is 0 Å². The molecule has 0 bridgehead atoms. The Balaban J connectivity index is 1.42. The van der Waals surface area contributed by atoms with Crippen LogP contribution in [0.4, 0.5) is 10.1 Å². The second-order valence-corrected chi connectivity index (χ2v) is 8.58. The van der Waals surface area contributed by atoms with Crippen molar-refractivity contribution in [2.24, 2.45) is 0 Å². The number of para-hydroxylation sites is 1. The highest BCUT2D eigenvalue weighted by atomic mass is 19.1. The SMILES string of the molecule is CCOc1ccc(C(c2nnnn2Cc2ccc(F)cc2)N2CCN(c3ccccc3)CC2)cc1. The number of piperazine rings is 1. The maximum absolute atomic E-state index is 13.4. The Labute approximate surface area is 204 Å². The number of rotatable bonds is 8. The number of hydrogen-bond acceptors (Lipinski definition) is 6. The van der Waals surface area contributed by atoms with Crippen molar-refractivity contribution in [3.05, 3.63) is 102 Å². The van der Waals surface area contributed by atoms with Gasteiger partial charge in [-0.1, -0.05) is 42.5 Å². The van der Waals surface area contributed by atoms with Gasteiger partial charge in [-0.05, 0) is 64.9 Å². The van der Waals surface area contributed by atoms with Crippen molar-refractivity contribution in [3.63, 3.8) is 0 Å². The maximum atomic E-state index is 13.4. The molecule has 1 unspecified atom stereocenters. The molecule has 1 atom stereocenters. The highest BCUT2D eigenvalue weighted by molar-refractivity contribution is 5.46. The molecule has 7 nitrogen and oxygen atoms in total. The Bertz CT molecular complexity index is 1200. The predicted molar refractivity (Wildman–Crippen MR) is 133 cm³/mol. The number of halogens is 1. The lowest BCUT2D eigenvalue weighted by Crippen LogP contribution is -2.48. The fourth-order valence-electron chi connectivity index (χ4n) is 4.60. The van der Waals surface area contributed by atoms with Gasteiger partial charge in [0.2, 0.25) is 0 Å². The molecule has 1 aromatic heterocycles. The Morgan fingerprint density at radius 3 is 2.29 bits per heavy atom. The monoisotopic (exact) mass is 472 g/mol. The first-order chi connectivity index (χ1) is 17.2. The highest BCUT2D eigenvalue weighted by Gasteiger charge is 2.30. The van der Waals surface area contributed by atoms with Gasteiger partial charge >= 0.3 is 0 Å². The molecular formula is C27H29FN6O. The van der Waals surface area contributed by atoms with Crippen LogP contribution in [0, 0.1) is 5.82 Å². The molecular weight excluding hydrogens is 443 g/mol. The molecule has 3 aromatic carbocycles. The molecule has 0 saturated carbocycles. The molecule has 0 N–H and O–H groups in total. The van der Waals surface area contributed by atoms with E-state index in [-0.39, 0.29) is 11.9 Å². The molecule has 1 aliphatic rings. The zero-order chi connectivity index (χ0) is 24.0. The van der Waals surface area contributed by atoms with Gasteiger partial charge in [-0.25, -0.2) is 9.07 Å². The van der Waals surface area contributed by atoms with Crippen molar-refractivity contribution < 1.29 is 9.13 Å². The lowest BCUT2D eigenvalue weighted by molar-refractivity contribution is 0.201. The Hall–Kier alpha value is -3.78. The van der Waals surface area contributed by atoms with Crippen molar-refractivity contribution in [2.75, 3.05) is 37.7 Å². The number of aromatic nitrogens is 4. The molecule has 4 aromatic rings. The number of ether oxygens (including phenoxy) is 1. The first-order valence-electron chi connectivity index (χ1n) is 12.0. The maximum Gasteiger partial charge on any atom is 0.173 e. The Morgan fingerprint density at radius 1 is 0.886 bits per heavy atom. The second kappa shape index (κ2) is 10.7. The molecule has 1 fully saturated rings. The summed E-state index contributed by atoms with van der Waals surface area (Å²) in [6.07, 6.45) is 0. The van der Waals surface area contributed by atoms with E-state index in [1.165, 1.54) is 17.8 Å². The third-order valence-corrected chi connectivity index (χ3v) is 6.36. The minimum absolute atomic E-state index is 0.112. The predicted octanol–water partition coefficient (Wildman–Crippen LogP) is 4.17. The van der Waals surface area contributed by atoms with Gasteiger partial charge in [-0.3, -0.25) is 4.90 Å². The van der Waals surface area contributed by atoms with E-state index in [0.717, 1.165) is 48.9 Å². The molecule has 2 heterocycles. The van der Waals surface area contributed by atoms with Gasteiger partial charge in [0.1, 0.15) is 11.6 Å². The summed E-state index contributed by atoms with van der Waals surface area (Å²) in [5.41, 5.74) is 3.29. The first kappa shape index (κ1) is 23.0. The van der Waals surface area contributed by atoms with E-state index >= 15 is 0 Å². The Kier molecular flexibility index (Phi) is 6.99. The van der Waals surface area contributed by atoms with Gasteiger partial charge in [0.25, 0.3) is 0 Å². The number of nitrogens with zero attached hydrogens (tertiary/aromatic N) is 6. The van der Waals surface area contributed by atoms with Crippen molar-refractivity contribution in [3.8, 4) is 5.75 Å². The van der Waals surface area contributed by atoms with E-state index in [4.69, 9.17) is 4.74 Å². The van der Waals surface area contributed by atoms with Crippen LogP contribution in [0.5, 0.6) is 5.75 Å². The molecule has 0 spiro atoms. The first-order valence-corrected chi connectivity index (χ1v) is 12.0. The summed E-state index contributed by atoms with van der Waals surface area (Å²) in [4.78, 5) is 4.84. The van der Waals surface area contributed by atoms with Crippen molar-refractivity contribution in [1.29, 1.82) is 0 Å². The van der Waals surface area contributed by atoms with Gasteiger partial charge in [0.15, 0.2) is 5.82 Å². The van der Waals surface area contributed by atoms with Crippen molar-refractivity contribution in [1.82, 2.24) is 25.1 Å². The van der Waals surface area contributed by atoms with Gasteiger partial charge < -0.3 is 9.64 Å². The van der Waals surface area contributed by atoms with E-state index < -0.39 is 0 Å². The molecule has 0 radical (unpaired) electrons. The van der Waals surface area contributed by atoms with E-state index in [9.17, 15) is 4.39 Å². The topological polar surface area (TPSA) is 59.3 Å². The Morgan fingerprint density at radius 2 is 1.60 bits per heavy atom. The van der Waals surface area contributed by atoms with Crippen molar-refractivity contribution in [2.45, 2.75) is 19.5 Å². The fourth-order valence-corrected chi connectivity index (χ4v) is 4.60. The van der Waals surface area contributed by atoms with Crippen LogP contribution in [0.25, 0.3) is 0 Å². The molecule has 180 valence electrons. The molecule has 8 heteroatoms. The normalized spacial score (nSPS) is 15.2. The number of tetrazole rings is 1. The van der Waals surface area contributed by atoms with Crippen LogP contribution < -0.4 is 9.64 Å². The molecule has 0 amide bonds. The zero-order valence-electron chi connectivity index (χ0n) is 19.8. The van der Waals surface area contributed by atoms with Crippen LogP contribution in [0.3, 0.4) is 0 Å². The lowest BCUT2D eigenvalue weighted by Gasteiger charge is -2.40. The smallest absolute Gasteiger partial charge is 0.173 e. The summed E-state index contributed by atoms with van der Waals surface area (Å²) in [5.74, 6) is 1.36. The summed E-state index contributed by atoms with van der Waals surface area (Å²) < 4.78 is 20.9. The van der Waals surface area contributed by atoms with Crippen LogP contribution in [0.15, 0.2) is 78.9 Å². The average molecular weight is 473 g/mol. The second-order valence-electron chi connectivity index (χ2n) is 8.58. The third-order valence-electron chi connectivity index (χ3n) is 6.36. The lowest BCUT2D eigenvalue weighted by atomic mass is 10.0. The standard InChI is InChI=1S/C27H29FN6O/c1-2-35-25-14-10-22(11-15-25)26(33-18-16-32(17-19-33)24-6-4-3-5-7-24)27-29-30-31-34(27)20-21-8-12-23(28)13-9-21/h3-15,26H,2,16-20H2,1H3. The molecule has 1 aliphatic heterocycles. The van der Waals surface area contributed by atoms with E-state index in [1.54, 1.807) is 12.1 Å². The van der Waals surface area contributed by atoms with Crippen LogP contribution in [0.2, 0.25) is 0 Å². The van der Waals surface area contributed by atoms with Crippen LogP contribution in [-0.2, 0) is 6.54 Å². The quantitative estimate of drug-likeness (QED) is 0.384. The van der Waals surface area contributed by atoms with Crippen LogP contribution in [0.1, 0.15) is 29.9 Å². The number of anilines is 1. The molecule has 5 rings (SSSR count). The van der Waals surface area contributed by atoms with E-state index in [1.807, 2.05) is 29.8 Å². The van der Waals surface area contributed by atoms with Gasteiger partial charge in [0, 0.05) is 31.9 Å². The number of benzene rings is 3. The fraction of sp³-hybridized carbons (Fsp3) is 0.296. The molecule has 1 saturated heterocycles. The van der Waals surface area contributed by atoms with Crippen LogP contribution >= 0.6 is 0 Å². The largest absolute Gasteiger partial charge is 0.494 e. The minimum Gasteiger partial charge on any atom is -0.494 e. The average Bonchev–Trinajstić information content (AvgIpc) is 3.35. The van der Waals surface area contributed by atoms with Gasteiger partial charge in [0.05, 0.1) is 19.2 Å². The minimum atomic E-state index is -0.255.